The number of aromatic nitrogens is 1. The van der Waals surface area contributed by atoms with Gasteiger partial charge in [-0.05, 0) is 45.4 Å². The average molecular weight is 277 g/mol. The number of aryl methyl sites for hydroxylation is 1. The summed E-state index contributed by atoms with van der Waals surface area (Å²) < 4.78 is 4.76. The Bertz CT molecular complexity index is 470. The lowest BCUT2D eigenvalue weighted by Crippen LogP contribution is -2.46. The van der Waals surface area contributed by atoms with E-state index >= 15 is 0 Å². The van der Waals surface area contributed by atoms with E-state index in [0.717, 1.165) is 31.1 Å². The molecule has 1 atom stereocenters. The Kier molecular flexibility index (Phi) is 4.95. The number of hydrogen-bond donors (Lipinski definition) is 1. The lowest BCUT2D eigenvalue weighted by molar-refractivity contribution is 0.0599. The number of piperidine rings is 1. The summed E-state index contributed by atoms with van der Waals surface area (Å²) in [5, 5.41) is 3.43. The Morgan fingerprint density at radius 2 is 2.35 bits per heavy atom. The van der Waals surface area contributed by atoms with Gasteiger partial charge in [0.15, 0.2) is 0 Å². The van der Waals surface area contributed by atoms with Crippen LogP contribution in [0.2, 0.25) is 0 Å². The fraction of sp³-hybridized carbons (Fsp3) is 0.600. The number of carbonyl (C=O) groups excluding carboxylic acids is 1. The maximum atomic E-state index is 11.6. The van der Waals surface area contributed by atoms with Crippen molar-refractivity contribution in [3.63, 3.8) is 0 Å². The Morgan fingerprint density at radius 1 is 1.55 bits per heavy atom. The second kappa shape index (κ2) is 6.70. The lowest BCUT2D eigenvalue weighted by Gasteiger charge is -2.35. The van der Waals surface area contributed by atoms with Gasteiger partial charge in [0.1, 0.15) is 5.82 Å². The quantitative estimate of drug-likeness (QED) is 0.850. The van der Waals surface area contributed by atoms with Crippen molar-refractivity contribution < 1.29 is 9.53 Å². The first-order valence-corrected chi connectivity index (χ1v) is 7.20. The van der Waals surface area contributed by atoms with Gasteiger partial charge in [-0.1, -0.05) is 0 Å². The van der Waals surface area contributed by atoms with Crippen molar-refractivity contribution in [2.24, 2.45) is 0 Å². The van der Waals surface area contributed by atoms with Crippen molar-refractivity contribution in [1.82, 2.24) is 10.3 Å². The molecule has 1 N–H and O–H groups in total. The van der Waals surface area contributed by atoms with Gasteiger partial charge in [0.05, 0.1) is 18.4 Å². The molecule has 0 aliphatic carbocycles. The van der Waals surface area contributed by atoms with E-state index in [4.69, 9.17) is 4.74 Å². The van der Waals surface area contributed by atoms with E-state index in [-0.39, 0.29) is 5.97 Å². The van der Waals surface area contributed by atoms with Gasteiger partial charge in [-0.15, -0.1) is 0 Å². The Labute approximate surface area is 120 Å². The largest absolute Gasteiger partial charge is 0.465 e. The van der Waals surface area contributed by atoms with Crippen LogP contribution < -0.4 is 10.2 Å². The minimum absolute atomic E-state index is 0.330. The van der Waals surface area contributed by atoms with Crippen molar-refractivity contribution in [2.75, 3.05) is 31.6 Å². The van der Waals surface area contributed by atoms with Crippen LogP contribution in [0.1, 0.15) is 35.8 Å². The number of carbonyl (C=O) groups is 1. The number of ether oxygens (including phenoxy) is 1. The third kappa shape index (κ3) is 3.10. The van der Waals surface area contributed by atoms with Crippen LogP contribution in [0.25, 0.3) is 0 Å². The van der Waals surface area contributed by atoms with Crippen LogP contribution >= 0.6 is 0 Å². The smallest absolute Gasteiger partial charge is 0.339 e. The second-order valence-corrected chi connectivity index (χ2v) is 5.08. The van der Waals surface area contributed by atoms with Crippen LogP contribution in [-0.4, -0.2) is 43.7 Å². The van der Waals surface area contributed by atoms with E-state index in [9.17, 15) is 4.79 Å². The van der Waals surface area contributed by atoms with Crippen LogP contribution in [0.4, 0.5) is 5.82 Å². The molecule has 5 nitrogen and oxygen atoms in total. The number of hydrogen-bond acceptors (Lipinski definition) is 5. The molecular formula is C15H23N3O2. The SMILES string of the molecule is CCN(c1ccc(C(=O)OC)c(C)n1)C1CCCNC1. The molecule has 2 rings (SSSR count). The molecule has 1 saturated heterocycles. The third-order valence-electron chi connectivity index (χ3n) is 3.82. The number of nitrogens with zero attached hydrogens (tertiary/aromatic N) is 2. The van der Waals surface area contributed by atoms with Crippen molar-refractivity contribution in [1.29, 1.82) is 0 Å². The number of methoxy groups -OCH3 is 1. The highest BCUT2D eigenvalue weighted by atomic mass is 16.5. The molecule has 0 radical (unpaired) electrons. The summed E-state index contributed by atoms with van der Waals surface area (Å²) in [6.07, 6.45) is 2.38. The van der Waals surface area contributed by atoms with Gasteiger partial charge < -0.3 is 15.0 Å². The van der Waals surface area contributed by atoms with Crippen molar-refractivity contribution in [3.8, 4) is 0 Å². The number of rotatable bonds is 4. The molecular weight excluding hydrogens is 254 g/mol. The molecule has 1 aromatic heterocycles. The van der Waals surface area contributed by atoms with Gasteiger partial charge in [0.25, 0.3) is 0 Å². The summed E-state index contributed by atoms with van der Waals surface area (Å²) in [6, 6.07) is 4.20. The molecule has 1 aliphatic rings. The van der Waals surface area contributed by atoms with Crippen LogP contribution in [0, 0.1) is 6.92 Å². The Morgan fingerprint density at radius 3 is 2.90 bits per heavy atom. The van der Waals surface area contributed by atoms with Crippen LogP contribution in [0.15, 0.2) is 12.1 Å². The molecule has 0 saturated carbocycles. The minimum Gasteiger partial charge on any atom is -0.465 e. The van der Waals surface area contributed by atoms with Gasteiger partial charge >= 0.3 is 5.97 Å². The van der Waals surface area contributed by atoms with E-state index in [1.165, 1.54) is 20.0 Å². The molecule has 1 fully saturated rings. The summed E-state index contributed by atoms with van der Waals surface area (Å²) in [4.78, 5) is 18.5. The molecule has 0 aromatic carbocycles. The van der Waals surface area contributed by atoms with E-state index < -0.39 is 0 Å². The second-order valence-electron chi connectivity index (χ2n) is 5.08. The number of likely N-dealkylation sites (N-methyl/N-ethyl adjacent to an activating group) is 1. The molecule has 0 amide bonds. The van der Waals surface area contributed by atoms with Crippen molar-refractivity contribution in [3.05, 3.63) is 23.4 Å². The number of anilines is 1. The van der Waals surface area contributed by atoms with Gasteiger partial charge in [0.2, 0.25) is 0 Å². The standard InChI is InChI=1S/C15H23N3O2/c1-4-18(12-6-5-9-16-10-12)14-8-7-13(11(2)17-14)15(19)20-3/h7-8,12,16H,4-6,9-10H2,1-3H3. The fourth-order valence-electron chi connectivity index (χ4n) is 2.74. The fourth-order valence-corrected chi connectivity index (χ4v) is 2.74. The first kappa shape index (κ1) is 14.8. The number of nitrogens with one attached hydrogen (secondary N) is 1. The molecule has 0 bridgehead atoms. The monoisotopic (exact) mass is 277 g/mol. The zero-order chi connectivity index (χ0) is 14.5. The third-order valence-corrected chi connectivity index (χ3v) is 3.82. The minimum atomic E-state index is -0.330. The highest BCUT2D eigenvalue weighted by Gasteiger charge is 2.22. The van der Waals surface area contributed by atoms with Crippen molar-refractivity contribution in [2.45, 2.75) is 32.7 Å². The van der Waals surface area contributed by atoms with Crippen molar-refractivity contribution >= 4 is 11.8 Å². The van der Waals surface area contributed by atoms with E-state index in [1.807, 2.05) is 19.1 Å². The zero-order valence-corrected chi connectivity index (χ0v) is 12.5. The average Bonchev–Trinajstić information content (AvgIpc) is 2.48. The highest BCUT2D eigenvalue weighted by Crippen LogP contribution is 2.20. The highest BCUT2D eigenvalue weighted by molar-refractivity contribution is 5.90. The van der Waals surface area contributed by atoms with Gasteiger partial charge in [-0.25, -0.2) is 9.78 Å². The summed E-state index contributed by atoms with van der Waals surface area (Å²) in [5.74, 6) is 0.607. The molecule has 1 aliphatic heterocycles. The first-order valence-electron chi connectivity index (χ1n) is 7.20. The first-order chi connectivity index (χ1) is 9.67. The topological polar surface area (TPSA) is 54.5 Å². The molecule has 1 aromatic rings. The Hall–Kier alpha value is -1.62. The number of pyridine rings is 1. The normalized spacial score (nSPS) is 18.6. The lowest BCUT2D eigenvalue weighted by atomic mass is 10.1. The maximum Gasteiger partial charge on any atom is 0.339 e. The summed E-state index contributed by atoms with van der Waals surface area (Å²) in [7, 11) is 1.39. The molecule has 5 heteroatoms. The van der Waals surface area contributed by atoms with E-state index in [2.05, 4.69) is 22.1 Å². The van der Waals surface area contributed by atoms with Gasteiger partial charge in [0, 0.05) is 19.1 Å². The van der Waals surface area contributed by atoms with Crippen LogP contribution in [-0.2, 0) is 4.74 Å². The molecule has 1 unspecified atom stereocenters. The van der Waals surface area contributed by atoms with Gasteiger partial charge in [-0.3, -0.25) is 0 Å². The van der Waals surface area contributed by atoms with E-state index in [0.29, 0.717) is 11.6 Å². The summed E-state index contributed by atoms with van der Waals surface area (Å²) >= 11 is 0. The number of esters is 1. The maximum absolute atomic E-state index is 11.6. The molecule has 0 spiro atoms. The molecule has 2 heterocycles. The molecule has 20 heavy (non-hydrogen) atoms. The predicted molar refractivity (Wildman–Crippen MR) is 79.2 cm³/mol. The Balaban J connectivity index is 2.22. The van der Waals surface area contributed by atoms with Crippen LogP contribution in [0.5, 0.6) is 0 Å². The molecule has 110 valence electrons. The summed E-state index contributed by atoms with van der Waals surface area (Å²) in [5.41, 5.74) is 1.26. The van der Waals surface area contributed by atoms with Crippen LogP contribution in [0.3, 0.4) is 0 Å². The zero-order valence-electron chi connectivity index (χ0n) is 12.5. The predicted octanol–water partition coefficient (Wildman–Crippen LogP) is 1.75. The summed E-state index contributed by atoms with van der Waals surface area (Å²) in [6.45, 7) is 6.99. The van der Waals surface area contributed by atoms with Gasteiger partial charge in [-0.2, -0.15) is 0 Å². The van der Waals surface area contributed by atoms with E-state index in [1.54, 1.807) is 0 Å².